The molecule has 2 amide bonds. The second-order valence-electron chi connectivity index (χ2n) is 5.34. The van der Waals surface area contributed by atoms with Gasteiger partial charge in [0.2, 0.25) is 5.91 Å². The summed E-state index contributed by atoms with van der Waals surface area (Å²) in [5, 5.41) is 2.76. The SMILES string of the molecule is COc1ccccc1NC(=O)/C=C/c1ccc(C(=O)N(C)C)cc1. The van der Waals surface area contributed by atoms with Gasteiger partial charge in [0.05, 0.1) is 12.8 Å². The van der Waals surface area contributed by atoms with Gasteiger partial charge in [0, 0.05) is 25.7 Å². The van der Waals surface area contributed by atoms with Crippen LogP contribution in [0.25, 0.3) is 6.08 Å². The van der Waals surface area contributed by atoms with Crippen LogP contribution in [0.2, 0.25) is 0 Å². The molecule has 0 aliphatic heterocycles. The number of nitrogens with zero attached hydrogens (tertiary/aromatic N) is 1. The number of nitrogens with one attached hydrogen (secondary N) is 1. The first-order valence-electron chi connectivity index (χ1n) is 7.45. The van der Waals surface area contributed by atoms with Gasteiger partial charge in [-0.15, -0.1) is 0 Å². The summed E-state index contributed by atoms with van der Waals surface area (Å²) >= 11 is 0. The molecule has 0 heterocycles. The first-order chi connectivity index (χ1) is 11.5. The smallest absolute Gasteiger partial charge is 0.253 e. The van der Waals surface area contributed by atoms with Crippen molar-refractivity contribution in [1.29, 1.82) is 0 Å². The zero-order valence-corrected chi connectivity index (χ0v) is 13.9. The molecular weight excluding hydrogens is 304 g/mol. The van der Waals surface area contributed by atoms with E-state index in [9.17, 15) is 9.59 Å². The van der Waals surface area contributed by atoms with Gasteiger partial charge in [-0.2, -0.15) is 0 Å². The standard InChI is InChI=1S/C19H20N2O3/c1-21(2)19(23)15-11-8-14(9-12-15)10-13-18(22)20-16-6-4-5-7-17(16)24-3/h4-13H,1-3H3,(H,20,22)/b13-10+. The largest absolute Gasteiger partial charge is 0.495 e. The summed E-state index contributed by atoms with van der Waals surface area (Å²) in [6, 6.07) is 14.3. The third kappa shape index (κ3) is 4.46. The summed E-state index contributed by atoms with van der Waals surface area (Å²) in [5.41, 5.74) is 2.05. The molecule has 2 aromatic carbocycles. The van der Waals surface area contributed by atoms with Gasteiger partial charge >= 0.3 is 0 Å². The predicted octanol–water partition coefficient (Wildman–Crippen LogP) is 3.05. The van der Waals surface area contributed by atoms with Crippen LogP contribution in [0.3, 0.4) is 0 Å². The number of hydrogen-bond donors (Lipinski definition) is 1. The first-order valence-corrected chi connectivity index (χ1v) is 7.45. The number of para-hydroxylation sites is 2. The molecule has 0 aliphatic rings. The molecular formula is C19H20N2O3. The van der Waals surface area contributed by atoms with Gasteiger partial charge in [-0.05, 0) is 35.9 Å². The second kappa shape index (κ2) is 7.97. The van der Waals surface area contributed by atoms with Crippen molar-refractivity contribution < 1.29 is 14.3 Å². The van der Waals surface area contributed by atoms with Gasteiger partial charge in [-0.25, -0.2) is 0 Å². The third-order valence-electron chi connectivity index (χ3n) is 3.36. The zero-order chi connectivity index (χ0) is 17.5. The Balaban J connectivity index is 2.02. The van der Waals surface area contributed by atoms with Crippen LogP contribution in [0, 0.1) is 0 Å². The maximum Gasteiger partial charge on any atom is 0.253 e. The minimum absolute atomic E-state index is 0.0561. The number of hydrogen-bond acceptors (Lipinski definition) is 3. The van der Waals surface area contributed by atoms with E-state index in [2.05, 4.69) is 5.32 Å². The minimum atomic E-state index is -0.257. The van der Waals surface area contributed by atoms with Crippen molar-refractivity contribution >= 4 is 23.6 Å². The monoisotopic (exact) mass is 324 g/mol. The van der Waals surface area contributed by atoms with Gasteiger partial charge < -0.3 is 15.0 Å². The maximum absolute atomic E-state index is 12.0. The van der Waals surface area contributed by atoms with Crippen molar-refractivity contribution in [2.45, 2.75) is 0 Å². The lowest BCUT2D eigenvalue weighted by Gasteiger charge is -2.10. The van der Waals surface area contributed by atoms with E-state index in [1.807, 2.05) is 12.1 Å². The Morgan fingerprint density at radius 3 is 2.33 bits per heavy atom. The Labute approximate surface area is 141 Å². The maximum atomic E-state index is 12.0. The zero-order valence-electron chi connectivity index (χ0n) is 13.9. The highest BCUT2D eigenvalue weighted by Crippen LogP contribution is 2.22. The molecule has 0 atom stereocenters. The molecule has 0 fully saturated rings. The molecule has 0 aromatic heterocycles. The highest BCUT2D eigenvalue weighted by Gasteiger charge is 2.07. The molecule has 5 heteroatoms. The molecule has 124 valence electrons. The molecule has 0 unspecified atom stereocenters. The molecule has 1 N–H and O–H groups in total. The Hall–Kier alpha value is -3.08. The fourth-order valence-electron chi connectivity index (χ4n) is 2.09. The minimum Gasteiger partial charge on any atom is -0.495 e. The van der Waals surface area contributed by atoms with Gasteiger partial charge in [0.1, 0.15) is 5.75 Å². The average Bonchev–Trinajstić information content (AvgIpc) is 2.60. The van der Waals surface area contributed by atoms with Crippen molar-refractivity contribution in [3.63, 3.8) is 0 Å². The number of carbonyl (C=O) groups is 2. The summed E-state index contributed by atoms with van der Waals surface area (Å²) in [6.45, 7) is 0. The van der Waals surface area contributed by atoms with Crippen LogP contribution < -0.4 is 10.1 Å². The molecule has 5 nitrogen and oxygen atoms in total. The van der Waals surface area contributed by atoms with Crippen LogP contribution in [-0.4, -0.2) is 37.9 Å². The van der Waals surface area contributed by atoms with E-state index < -0.39 is 0 Å². The fraction of sp³-hybridized carbons (Fsp3) is 0.158. The summed E-state index contributed by atoms with van der Waals surface area (Å²) < 4.78 is 5.19. The van der Waals surface area contributed by atoms with Crippen LogP contribution in [0.15, 0.2) is 54.6 Å². The average molecular weight is 324 g/mol. The van der Waals surface area contributed by atoms with Gasteiger partial charge in [0.15, 0.2) is 0 Å². The molecule has 2 rings (SSSR count). The Kier molecular flexibility index (Phi) is 5.73. The normalized spacial score (nSPS) is 10.5. The number of anilines is 1. The Bertz CT molecular complexity index is 749. The lowest BCUT2D eigenvalue weighted by Crippen LogP contribution is -2.21. The van der Waals surface area contributed by atoms with Gasteiger partial charge in [-0.3, -0.25) is 9.59 Å². The van der Waals surface area contributed by atoms with E-state index >= 15 is 0 Å². The fourth-order valence-corrected chi connectivity index (χ4v) is 2.09. The van der Waals surface area contributed by atoms with Crippen LogP contribution in [0.5, 0.6) is 5.75 Å². The molecule has 0 radical (unpaired) electrons. The predicted molar refractivity (Wildman–Crippen MR) is 95.1 cm³/mol. The topological polar surface area (TPSA) is 58.6 Å². The van der Waals surface area contributed by atoms with Gasteiger partial charge in [-0.1, -0.05) is 24.3 Å². The molecule has 24 heavy (non-hydrogen) atoms. The van der Waals surface area contributed by atoms with Crippen molar-refractivity contribution in [2.24, 2.45) is 0 Å². The summed E-state index contributed by atoms with van der Waals surface area (Å²) in [7, 11) is 4.97. The number of methoxy groups -OCH3 is 1. The highest BCUT2D eigenvalue weighted by atomic mass is 16.5. The van der Waals surface area contributed by atoms with Crippen molar-refractivity contribution in [1.82, 2.24) is 4.90 Å². The van der Waals surface area contributed by atoms with E-state index in [-0.39, 0.29) is 11.8 Å². The van der Waals surface area contributed by atoms with E-state index in [4.69, 9.17) is 4.74 Å². The molecule has 0 saturated heterocycles. The summed E-state index contributed by atoms with van der Waals surface area (Å²) in [5.74, 6) is 0.290. The molecule has 2 aromatic rings. The highest BCUT2D eigenvalue weighted by molar-refractivity contribution is 6.02. The molecule has 0 bridgehead atoms. The lowest BCUT2D eigenvalue weighted by molar-refractivity contribution is -0.111. The number of amides is 2. The van der Waals surface area contributed by atoms with E-state index in [1.165, 1.54) is 11.0 Å². The summed E-state index contributed by atoms with van der Waals surface area (Å²) in [4.78, 5) is 25.3. The van der Waals surface area contributed by atoms with Crippen LogP contribution in [-0.2, 0) is 4.79 Å². The second-order valence-corrected chi connectivity index (χ2v) is 5.34. The van der Waals surface area contributed by atoms with Crippen molar-refractivity contribution in [2.75, 3.05) is 26.5 Å². The Morgan fingerprint density at radius 1 is 1.04 bits per heavy atom. The molecule has 0 spiro atoms. The lowest BCUT2D eigenvalue weighted by atomic mass is 10.1. The number of carbonyl (C=O) groups excluding carboxylic acids is 2. The summed E-state index contributed by atoms with van der Waals surface area (Å²) in [6.07, 6.45) is 3.13. The van der Waals surface area contributed by atoms with E-state index in [1.54, 1.807) is 63.7 Å². The van der Waals surface area contributed by atoms with Crippen LogP contribution in [0.1, 0.15) is 15.9 Å². The third-order valence-corrected chi connectivity index (χ3v) is 3.36. The first kappa shape index (κ1) is 17.3. The number of ether oxygens (including phenoxy) is 1. The van der Waals surface area contributed by atoms with Crippen molar-refractivity contribution in [3.05, 3.63) is 65.7 Å². The number of rotatable bonds is 5. The van der Waals surface area contributed by atoms with E-state index in [0.29, 0.717) is 17.0 Å². The van der Waals surface area contributed by atoms with Crippen LogP contribution in [0.4, 0.5) is 5.69 Å². The van der Waals surface area contributed by atoms with Crippen molar-refractivity contribution in [3.8, 4) is 5.75 Å². The van der Waals surface area contributed by atoms with Crippen LogP contribution >= 0.6 is 0 Å². The molecule has 0 aliphatic carbocycles. The molecule has 0 saturated carbocycles. The van der Waals surface area contributed by atoms with Gasteiger partial charge in [0.25, 0.3) is 5.91 Å². The van der Waals surface area contributed by atoms with E-state index in [0.717, 1.165) is 5.56 Å². The quantitative estimate of drug-likeness (QED) is 0.860. The number of benzene rings is 2. The Morgan fingerprint density at radius 2 is 1.71 bits per heavy atom.